The second-order valence-electron chi connectivity index (χ2n) is 7.07. The highest BCUT2D eigenvalue weighted by Crippen LogP contribution is 2.11. The summed E-state index contributed by atoms with van der Waals surface area (Å²) in [5.74, 6) is -1.68. The molecule has 2 amide bonds. The third kappa shape index (κ3) is 8.32. The Bertz CT molecular complexity index is 1090. The van der Waals surface area contributed by atoms with Gasteiger partial charge in [-0.2, -0.15) is 0 Å². The molecule has 0 fully saturated rings. The highest BCUT2D eigenvalue weighted by Gasteiger charge is 2.13. The minimum absolute atomic E-state index is 0.173. The van der Waals surface area contributed by atoms with Gasteiger partial charge in [0, 0.05) is 30.8 Å². The molecular formula is C22H25N3O6S. The van der Waals surface area contributed by atoms with Crippen molar-refractivity contribution in [3.63, 3.8) is 0 Å². The quantitative estimate of drug-likeness (QED) is 0.551. The molecule has 2 rings (SSSR count). The van der Waals surface area contributed by atoms with Crippen LogP contribution in [0.3, 0.4) is 0 Å². The van der Waals surface area contributed by atoms with Gasteiger partial charge >= 0.3 is 5.97 Å². The molecule has 9 nitrogen and oxygen atoms in total. The van der Waals surface area contributed by atoms with E-state index in [9.17, 15) is 22.8 Å². The number of amides is 2. The first-order chi connectivity index (χ1) is 15.1. The van der Waals surface area contributed by atoms with Gasteiger partial charge < -0.3 is 15.0 Å². The summed E-state index contributed by atoms with van der Waals surface area (Å²) in [6.07, 6.45) is 1.40. The van der Waals surface area contributed by atoms with Crippen LogP contribution >= 0.6 is 0 Å². The molecule has 0 heterocycles. The lowest BCUT2D eigenvalue weighted by atomic mass is 10.2. The van der Waals surface area contributed by atoms with Crippen molar-refractivity contribution < 1.29 is 27.5 Å². The van der Waals surface area contributed by atoms with Gasteiger partial charge in [0.25, 0.3) is 11.8 Å². The first kappa shape index (κ1) is 24.8. The van der Waals surface area contributed by atoms with Gasteiger partial charge in [0.2, 0.25) is 10.0 Å². The number of nitrogens with one attached hydrogen (secondary N) is 2. The molecule has 2 aromatic carbocycles. The Balaban J connectivity index is 1.76. The van der Waals surface area contributed by atoms with Crippen molar-refractivity contribution in [1.82, 2.24) is 9.62 Å². The number of hydrogen-bond donors (Lipinski definition) is 2. The maximum absolute atomic E-state index is 12.0. The van der Waals surface area contributed by atoms with Crippen LogP contribution in [0.5, 0.6) is 0 Å². The molecule has 2 aromatic rings. The molecule has 0 unspecified atom stereocenters. The minimum Gasteiger partial charge on any atom is -0.455 e. The third-order valence-electron chi connectivity index (χ3n) is 4.12. The predicted molar refractivity (Wildman–Crippen MR) is 121 cm³/mol. The van der Waals surface area contributed by atoms with E-state index >= 15 is 0 Å². The summed E-state index contributed by atoms with van der Waals surface area (Å²) in [5.41, 5.74) is 2.62. The molecule has 0 bridgehead atoms. The van der Waals surface area contributed by atoms with Crippen molar-refractivity contribution in [1.29, 1.82) is 0 Å². The summed E-state index contributed by atoms with van der Waals surface area (Å²) in [4.78, 5) is 36.9. The zero-order valence-corrected chi connectivity index (χ0v) is 18.8. The average molecular weight is 460 g/mol. The van der Waals surface area contributed by atoms with E-state index in [1.165, 1.54) is 11.0 Å². The second-order valence-corrected chi connectivity index (χ2v) is 8.72. The molecule has 0 spiro atoms. The topological polar surface area (TPSA) is 122 Å². The van der Waals surface area contributed by atoms with Crippen LogP contribution in [-0.4, -0.2) is 58.3 Å². The zero-order chi connectivity index (χ0) is 23.7. The van der Waals surface area contributed by atoms with Crippen LogP contribution in [0.4, 0.5) is 5.69 Å². The van der Waals surface area contributed by atoms with Crippen LogP contribution in [0.15, 0.2) is 53.9 Å². The lowest BCUT2D eigenvalue weighted by Crippen LogP contribution is -2.31. The number of nitrogens with zero attached hydrogens (tertiary/aromatic N) is 1. The van der Waals surface area contributed by atoms with E-state index in [1.54, 1.807) is 50.5 Å². The van der Waals surface area contributed by atoms with Crippen molar-refractivity contribution in [3.8, 4) is 0 Å². The molecule has 0 radical (unpaired) electrons. The molecule has 170 valence electrons. The number of carbonyl (C=O) groups is 3. The van der Waals surface area contributed by atoms with Crippen molar-refractivity contribution in [2.75, 3.05) is 32.6 Å². The van der Waals surface area contributed by atoms with Gasteiger partial charge in [-0.05, 0) is 42.8 Å². The fraction of sp³-hybridized carbons (Fsp3) is 0.227. The van der Waals surface area contributed by atoms with Crippen LogP contribution in [0.2, 0.25) is 0 Å². The van der Waals surface area contributed by atoms with Gasteiger partial charge in [-0.25, -0.2) is 13.1 Å². The first-order valence-electron chi connectivity index (χ1n) is 9.57. The number of hydrogen-bond acceptors (Lipinski definition) is 6. The molecule has 0 aromatic heterocycles. The SMILES string of the molecule is Cc1ccc(/C=C/S(=O)(=O)NCC(=O)OCC(=O)Nc2ccc(C(=O)N(C)C)cc2)cc1. The maximum Gasteiger partial charge on any atom is 0.321 e. The van der Waals surface area contributed by atoms with Gasteiger partial charge in [-0.3, -0.25) is 14.4 Å². The molecule has 0 aliphatic carbocycles. The minimum atomic E-state index is -3.85. The van der Waals surface area contributed by atoms with Gasteiger partial charge in [-0.1, -0.05) is 29.8 Å². The number of esters is 1. The molecule has 10 heteroatoms. The number of benzene rings is 2. The Morgan fingerprint density at radius 1 is 1.00 bits per heavy atom. The predicted octanol–water partition coefficient (Wildman–Crippen LogP) is 1.77. The normalized spacial score (nSPS) is 11.2. The summed E-state index contributed by atoms with van der Waals surface area (Å²) in [6, 6.07) is 13.4. The summed E-state index contributed by atoms with van der Waals surface area (Å²) < 4.78 is 30.8. The van der Waals surface area contributed by atoms with Crippen LogP contribution in [0.1, 0.15) is 21.5 Å². The lowest BCUT2D eigenvalue weighted by molar-refractivity contribution is -0.146. The molecule has 0 atom stereocenters. The van der Waals surface area contributed by atoms with E-state index in [4.69, 9.17) is 4.74 Å². The summed E-state index contributed by atoms with van der Waals surface area (Å²) >= 11 is 0. The van der Waals surface area contributed by atoms with Crippen LogP contribution in [0.25, 0.3) is 6.08 Å². The van der Waals surface area contributed by atoms with E-state index in [0.29, 0.717) is 16.8 Å². The van der Waals surface area contributed by atoms with E-state index < -0.39 is 35.1 Å². The molecule has 0 aliphatic rings. The zero-order valence-electron chi connectivity index (χ0n) is 18.0. The van der Waals surface area contributed by atoms with E-state index in [2.05, 4.69) is 10.0 Å². The molecule has 32 heavy (non-hydrogen) atoms. The summed E-state index contributed by atoms with van der Waals surface area (Å²) in [5, 5.41) is 3.46. The lowest BCUT2D eigenvalue weighted by Gasteiger charge is -2.11. The second kappa shape index (κ2) is 11.2. The Kier molecular flexibility index (Phi) is 8.68. The molecule has 0 saturated heterocycles. The molecular weight excluding hydrogens is 434 g/mol. The molecule has 2 N–H and O–H groups in total. The average Bonchev–Trinajstić information content (AvgIpc) is 2.76. The fourth-order valence-electron chi connectivity index (χ4n) is 2.40. The van der Waals surface area contributed by atoms with Gasteiger partial charge in [0.05, 0.1) is 0 Å². The van der Waals surface area contributed by atoms with Gasteiger partial charge in [-0.15, -0.1) is 0 Å². The van der Waals surface area contributed by atoms with Gasteiger partial charge in [0.1, 0.15) is 6.54 Å². The third-order valence-corrected chi connectivity index (χ3v) is 5.16. The Hall–Kier alpha value is -3.50. The number of carbonyl (C=O) groups excluding carboxylic acids is 3. The monoisotopic (exact) mass is 459 g/mol. The van der Waals surface area contributed by atoms with Gasteiger partial charge in [0.15, 0.2) is 6.61 Å². The van der Waals surface area contributed by atoms with Crippen LogP contribution in [-0.2, 0) is 24.3 Å². The Morgan fingerprint density at radius 3 is 2.22 bits per heavy atom. The van der Waals surface area contributed by atoms with E-state index in [0.717, 1.165) is 11.0 Å². The summed E-state index contributed by atoms with van der Waals surface area (Å²) in [6.45, 7) is 0.717. The number of ether oxygens (including phenoxy) is 1. The highest BCUT2D eigenvalue weighted by molar-refractivity contribution is 7.92. The van der Waals surface area contributed by atoms with E-state index in [1.807, 2.05) is 19.1 Å². The number of rotatable bonds is 9. The Morgan fingerprint density at radius 2 is 1.62 bits per heavy atom. The highest BCUT2D eigenvalue weighted by atomic mass is 32.2. The maximum atomic E-state index is 12.0. The van der Waals surface area contributed by atoms with Crippen LogP contribution in [0, 0.1) is 6.92 Å². The molecule has 0 aliphatic heterocycles. The van der Waals surface area contributed by atoms with Crippen molar-refractivity contribution >= 4 is 39.6 Å². The number of sulfonamides is 1. The van der Waals surface area contributed by atoms with Crippen molar-refractivity contribution in [2.45, 2.75) is 6.92 Å². The van der Waals surface area contributed by atoms with E-state index in [-0.39, 0.29) is 5.91 Å². The standard InChI is InChI=1S/C22H25N3O6S/c1-16-4-6-17(7-5-16)12-13-32(29,30)23-14-21(27)31-15-20(26)24-19-10-8-18(9-11-19)22(28)25(2)3/h4-13,23H,14-15H2,1-3H3,(H,24,26)/b13-12+. The van der Waals surface area contributed by atoms with Crippen molar-refractivity contribution in [3.05, 3.63) is 70.6 Å². The van der Waals surface area contributed by atoms with Crippen LogP contribution < -0.4 is 10.0 Å². The fourth-order valence-corrected chi connectivity index (χ4v) is 3.15. The summed E-state index contributed by atoms with van der Waals surface area (Å²) in [7, 11) is -0.589. The van der Waals surface area contributed by atoms with Crippen molar-refractivity contribution in [2.24, 2.45) is 0 Å². The Labute approximate surface area is 187 Å². The number of anilines is 1. The molecule has 0 saturated carbocycles. The number of aryl methyl sites for hydroxylation is 1. The smallest absolute Gasteiger partial charge is 0.321 e. The largest absolute Gasteiger partial charge is 0.455 e. The first-order valence-corrected chi connectivity index (χ1v) is 11.1.